The van der Waals surface area contributed by atoms with E-state index in [1.54, 1.807) is 11.8 Å². The molecule has 0 fully saturated rings. The molecule has 0 amide bonds. The SMILES string of the molecule is CSCCC(N)C(=O)OCCC(C)(O)CC(=O)O. The van der Waals surface area contributed by atoms with Gasteiger partial charge in [0.25, 0.3) is 0 Å². The van der Waals surface area contributed by atoms with E-state index in [0.717, 1.165) is 5.75 Å². The molecule has 0 aliphatic rings. The Labute approximate surface area is 111 Å². The lowest BCUT2D eigenvalue weighted by Gasteiger charge is -2.21. The van der Waals surface area contributed by atoms with Gasteiger partial charge in [0.15, 0.2) is 0 Å². The molecular formula is C11H21NO5S. The number of hydrogen-bond acceptors (Lipinski definition) is 6. The third-order valence-corrected chi connectivity index (χ3v) is 3.00. The second kappa shape index (κ2) is 8.34. The van der Waals surface area contributed by atoms with Crippen LogP contribution in [-0.4, -0.2) is 52.4 Å². The number of carboxylic acids is 1. The number of ether oxygens (including phenoxy) is 1. The fourth-order valence-corrected chi connectivity index (χ4v) is 1.75. The molecule has 18 heavy (non-hydrogen) atoms. The minimum Gasteiger partial charge on any atom is -0.481 e. The van der Waals surface area contributed by atoms with E-state index in [1.807, 2.05) is 6.26 Å². The first kappa shape index (κ1) is 17.2. The van der Waals surface area contributed by atoms with Crippen LogP contribution in [0.15, 0.2) is 0 Å². The normalized spacial score (nSPS) is 15.8. The molecule has 0 aromatic carbocycles. The summed E-state index contributed by atoms with van der Waals surface area (Å²) in [5.74, 6) is -0.842. The van der Waals surface area contributed by atoms with Crippen LogP contribution in [0.5, 0.6) is 0 Å². The number of aliphatic carboxylic acids is 1. The molecule has 2 unspecified atom stereocenters. The minimum absolute atomic E-state index is 0.0356. The Hall–Kier alpha value is -0.790. The van der Waals surface area contributed by atoms with Crippen molar-refractivity contribution >= 4 is 23.7 Å². The van der Waals surface area contributed by atoms with Crippen molar-refractivity contribution < 1.29 is 24.5 Å². The van der Waals surface area contributed by atoms with Crippen LogP contribution < -0.4 is 5.73 Å². The quantitative estimate of drug-likeness (QED) is 0.518. The first-order valence-electron chi connectivity index (χ1n) is 5.64. The number of carboxylic acid groups (broad SMARTS) is 1. The van der Waals surface area contributed by atoms with E-state index < -0.39 is 23.6 Å². The first-order chi connectivity index (χ1) is 8.28. The molecule has 0 rings (SSSR count). The van der Waals surface area contributed by atoms with Crippen LogP contribution in [0.3, 0.4) is 0 Å². The van der Waals surface area contributed by atoms with Crippen molar-refractivity contribution in [3.05, 3.63) is 0 Å². The number of nitrogens with two attached hydrogens (primary N) is 1. The molecule has 0 saturated heterocycles. The van der Waals surface area contributed by atoms with Crippen LogP contribution in [0.4, 0.5) is 0 Å². The molecule has 0 aliphatic carbocycles. The smallest absolute Gasteiger partial charge is 0.322 e. The highest BCUT2D eigenvalue weighted by atomic mass is 32.2. The molecule has 0 saturated carbocycles. The molecule has 2 atom stereocenters. The van der Waals surface area contributed by atoms with Gasteiger partial charge in [-0.1, -0.05) is 0 Å². The highest BCUT2D eigenvalue weighted by Gasteiger charge is 2.25. The Morgan fingerprint density at radius 3 is 2.61 bits per heavy atom. The number of aliphatic hydroxyl groups is 1. The van der Waals surface area contributed by atoms with E-state index in [2.05, 4.69) is 0 Å². The molecule has 106 valence electrons. The molecule has 0 aliphatic heterocycles. The number of thioether (sulfide) groups is 1. The van der Waals surface area contributed by atoms with Gasteiger partial charge in [0, 0.05) is 6.42 Å². The van der Waals surface area contributed by atoms with Crippen LogP contribution in [0.25, 0.3) is 0 Å². The van der Waals surface area contributed by atoms with Crippen molar-refractivity contribution in [2.75, 3.05) is 18.6 Å². The van der Waals surface area contributed by atoms with Crippen molar-refractivity contribution in [1.29, 1.82) is 0 Å². The molecule has 0 aromatic heterocycles. The van der Waals surface area contributed by atoms with Crippen LogP contribution >= 0.6 is 11.8 Å². The first-order valence-corrected chi connectivity index (χ1v) is 7.03. The summed E-state index contributed by atoms with van der Waals surface area (Å²) in [5.41, 5.74) is 4.21. The lowest BCUT2D eigenvalue weighted by Crippen LogP contribution is -2.35. The van der Waals surface area contributed by atoms with E-state index >= 15 is 0 Å². The Bertz CT molecular complexity index is 283. The van der Waals surface area contributed by atoms with E-state index in [1.165, 1.54) is 6.92 Å². The zero-order valence-electron chi connectivity index (χ0n) is 10.7. The number of carbonyl (C=O) groups excluding carboxylic acids is 1. The number of rotatable bonds is 9. The van der Waals surface area contributed by atoms with Crippen LogP contribution in [0.1, 0.15) is 26.2 Å². The van der Waals surface area contributed by atoms with Gasteiger partial charge in [-0.15, -0.1) is 0 Å². The van der Waals surface area contributed by atoms with Crippen molar-refractivity contribution in [2.45, 2.75) is 37.8 Å². The zero-order chi connectivity index (χ0) is 14.2. The molecule has 0 spiro atoms. The standard InChI is InChI=1S/C11H21NO5S/c1-11(16,7-9(13)14)4-5-17-10(15)8(12)3-6-18-2/h8,16H,3-7,12H2,1-2H3,(H,13,14). The third-order valence-electron chi connectivity index (χ3n) is 2.35. The molecule has 4 N–H and O–H groups in total. The Morgan fingerprint density at radius 2 is 2.11 bits per heavy atom. The average Bonchev–Trinajstić information content (AvgIpc) is 2.23. The molecule has 6 nitrogen and oxygen atoms in total. The highest BCUT2D eigenvalue weighted by molar-refractivity contribution is 7.98. The van der Waals surface area contributed by atoms with Gasteiger partial charge in [0.1, 0.15) is 6.04 Å². The summed E-state index contributed by atoms with van der Waals surface area (Å²) in [7, 11) is 0. The predicted octanol–water partition coefficient (Wildman–Crippen LogP) is 0.226. The van der Waals surface area contributed by atoms with Crippen molar-refractivity contribution in [3.8, 4) is 0 Å². The van der Waals surface area contributed by atoms with Gasteiger partial charge in [-0.25, -0.2) is 0 Å². The maximum atomic E-state index is 11.4. The van der Waals surface area contributed by atoms with Gasteiger partial charge in [-0.3, -0.25) is 9.59 Å². The summed E-state index contributed by atoms with van der Waals surface area (Å²) >= 11 is 1.59. The minimum atomic E-state index is -1.38. The molecule has 0 heterocycles. The topological polar surface area (TPSA) is 110 Å². The summed E-state index contributed by atoms with van der Waals surface area (Å²) in [6.07, 6.45) is 2.13. The Kier molecular flexibility index (Phi) is 7.97. The Morgan fingerprint density at radius 1 is 1.50 bits per heavy atom. The monoisotopic (exact) mass is 279 g/mol. The van der Waals surface area contributed by atoms with Crippen molar-refractivity contribution in [2.24, 2.45) is 5.73 Å². The van der Waals surface area contributed by atoms with Crippen LogP contribution in [0, 0.1) is 0 Å². The summed E-state index contributed by atoms with van der Waals surface area (Å²) in [6, 6.07) is -0.665. The maximum Gasteiger partial charge on any atom is 0.322 e. The predicted molar refractivity (Wildman–Crippen MR) is 69.4 cm³/mol. The van der Waals surface area contributed by atoms with Gasteiger partial charge in [-0.05, 0) is 25.4 Å². The molecular weight excluding hydrogens is 258 g/mol. The lowest BCUT2D eigenvalue weighted by atomic mass is 9.99. The third kappa shape index (κ3) is 8.32. The molecule has 0 radical (unpaired) electrons. The van der Waals surface area contributed by atoms with E-state index in [9.17, 15) is 14.7 Å². The van der Waals surface area contributed by atoms with E-state index in [-0.39, 0.29) is 19.4 Å². The lowest BCUT2D eigenvalue weighted by molar-refractivity contribution is -0.147. The average molecular weight is 279 g/mol. The number of hydrogen-bond donors (Lipinski definition) is 3. The number of carbonyl (C=O) groups is 2. The maximum absolute atomic E-state index is 11.4. The highest BCUT2D eigenvalue weighted by Crippen LogP contribution is 2.14. The summed E-state index contributed by atoms with van der Waals surface area (Å²) < 4.78 is 4.89. The summed E-state index contributed by atoms with van der Waals surface area (Å²) in [5, 5.41) is 18.2. The summed E-state index contributed by atoms with van der Waals surface area (Å²) in [6.45, 7) is 1.36. The summed E-state index contributed by atoms with van der Waals surface area (Å²) in [4.78, 5) is 21.9. The van der Waals surface area contributed by atoms with Crippen LogP contribution in [-0.2, 0) is 14.3 Å². The molecule has 7 heteroatoms. The van der Waals surface area contributed by atoms with Gasteiger partial charge in [0.05, 0.1) is 18.6 Å². The van der Waals surface area contributed by atoms with E-state index in [4.69, 9.17) is 15.6 Å². The van der Waals surface area contributed by atoms with Gasteiger partial charge in [0.2, 0.25) is 0 Å². The molecule has 0 aromatic rings. The van der Waals surface area contributed by atoms with Crippen LogP contribution in [0.2, 0.25) is 0 Å². The fourth-order valence-electron chi connectivity index (χ4n) is 1.26. The second-order valence-corrected chi connectivity index (χ2v) is 5.36. The Balaban J connectivity index is 3.89. The second-order valence-electron chi connectivity index (χ2n) is 4.37. The van der Waals surface area contributed by atoms with Gasteiger partial charge < -0.3 is 20.7 Å². The fraction of sp³-hybridized carbons (Fsp3) is 0.818. The van der Waals surface area contributed by atoms with Gasteiger partial charge >= 0.3 is 11.9 Å². The largest absolute Gasteiger partial charge is 0.481 e. The molecule has 0 bridgehead atoms. The van der Waals surface area contributed by atoms with E-state index in [0.29, 0.717) is 6.42 Å². The van der Waals surface area contributed by atoms with Crippen molar-refractivity contribution in [3.63, 3.8) is 0 Å². The van der Waals surface area contributed by atoms with Gasteiger partial charge in [-0.2, -0.15) is 11.8 Å². The number of esters is 1. The van der Waals surface area contributed by atoms with Crippen molar-refractivity contribution in [1.82, 2.24) is 0 Å². The zero-order valence-corrected chi connectivity index (χ0v) is 11.5.